The second-order valence-electron chi connectivity index (χ2n) is 8.34. The number of nitrogens with zero attached hydrogens (tertiary/aromatic N) is 2. The number of likely N-dealkylation sites (tertiary alicyclic amines) is 1. The maximum absolute atomic E-state index is 12.4. The molecule has 0 spiro atoms. The van der Waals surface area contributed by atoms with Gasteiger partial charge in [0.1, 0.15) is 0 Å². The van der Waals surface area contributed by atoms with Gasteiger partial charge in [-0.3, -0.25) is 4.79 Å². The maximum atomic E-state index is 12.4. The van der Waals surface area contributed by atoms with Gasteiger partial charge in [0, 0.05) is 39.1 Å². The fourth-order valence-corrected chi connectivity index (χ4v) is 4.07. The highest BCUT2D eigenvalue weighted by atomic mass is 16.5. The van der Waals surface area contributed by atoms with Gasteiger partial charge in [-0.25, -0.2) is 4.79 Å². The minimum Gasteiger partial charge on any atom is -0.378 e. The number of carbonyl (C=O) groups excluding carboxylic acids is 2. The van der Waals surface area contributed by atoms with Crippen molar-refractivity contribution in [2.75, 3.05) is 39.3 Å². The van der Waals surface area contributed by atoms with Crippen molar-refractivity contribution in [3.05, 3.63) is 0 Å². The Morgan fingerprint density at radius 1 is 1.29 bits per heavy atom. The molecule has 0 aromatic carbocycles. The molecule has 3 heterocycles. The molecule has 6 nitrogen and oxygen atoms in total. The molecule has 0 aromatic heterocycles. The van der Waals surface area contributed by atoms with Gasteiger partial charge in [-0.15, -0.1) is 0 Å². The summed E-state index contributed by atoms with van der Waals surface area (Å²) in [4.78, 5) is 27.9. The lowest BCUT2D eigenvalue weighted by Crippen LogP contribution is -2.42. The zero-order valence-corrected chi connectivity index (χ0v) is 15.1. The van der Waals surface area contributed by atoms with Gasteiger partial charge in [0.15, 0.2) is 0 Å². The van der Waals surface area contributed by atoms with E-state index in [2.05, 4.69) is 19.2 Å². The third kappa shape index (κ3) is 4.41. The van der Waals surface area contributed by atoms with Gasteiger partial charge >= 0.3 is 6.03 Å². The molecule has 0 bridgehead atoms. The van der Waals surface area contributed by atoms with Crippen molar-refractivity contribution in [1.29, 1.82) is 0 Å². The number of rotatable bonds is 5. The van der Waals surface area contributed by atoms with E-state index in [0.29, 0.717) is 12.3 Å². The highest BCUT2D eigenvalue weighted by Crippen LogP contribution is 2.33. The van der Waals surface area contributed by atoms with E-state index in [1.807, 2.05) is 9.80 Å². The first kappa shape index (κ1) is 17.5. The van der Waals surface area contributed by atoms with Crippen LogP contribution in [0.15, 0.2) is 0 Å². The average molecular weight is 337 g/mol. The van der Waals surface area contributed by atoms with Crippen molar-refractivity contribution >= 4 is 11.9 Å². The minimum atomic E-state index is 0.0630. The summed E-state index contributed by atoms with van der Waals surface area (Å²) in [6, 6.07) is 0.0630. The van der Waals surface area contributed by atoms with E-state index in [0.717, 1.165) is 65.0 Å². The predicted octanol–water partition coefficient (Wildman–Crippen LogP) is 1.85. The van der Waals surface area contributed by atoms with Gasteiger partial charge in [0.2, 0.25) is 5.91 Å². The van der Waals surface area contributed by atoms with E-state index in [4.69, 9.17) is 4.74 Å². The van der Waals surface area contributed by atoms with Gasteiger partial charge in [0.25, 0.3) is 0 Å². The number of amides is 3. The highest BCUT2D eigenvalue weighted by molar-refractivity contribution is 5.76. The molecule has 0 saturated carbocycles. The molecule has 6 heteroatoms. The summed E-state index contributed by atoms with van der Waals surface area (Å²) in [5.74, 6) is 0.789. The summed E-state index contributed by atoms with van der Waals surface area (Å²) in [6.45, 7) is 9.32. The largest absolute Gasteiger partial charge is 0.378 e. The van der Waals surface area contributed by atoms with Gasteiger partial charge in [-0.05, 0) is 37.0 Å². The van der Waals surface area contributed by atoms with Crippen LogP contribution in [0.3, 0.4) is 0 Å². The Hall–Kier alpha value is -1.30. The number of ether oxygens (including phenoxy) is 1. The fourth-order valence-electron chi connectivity index (χ4n) is 4.07. The van der Waals surface area contributed by atoms with Crippen molar-refractivity contribution in [2.45, 2.75) is 52.1 Å². The van der Waals surface area contributed by atoms with Crippen LogP contribution in [0.1, 0.15) is 46.0 Å². The molecule has 3 aliphatic rings. The normalized spacial score (nSPS) is 27.6. The summed E-state index contributed by atoms with van der Waals surface area (Å²) >= 11 is 0. The summed E-state index contributed by atoms with van der Waals surface area (Å²) in [7, 11) is 0. The minimum absolute atomic E-state index is 0.0630. The monoisotopic (exact) mass is 337 g/mol. The Morgan fingerprint density at radius 2 is 2.04 bits per heavy atom. The molecule has 3 amide bonds. The first-order chi connectivity index (χ1) is 11.4. The second kappa shape index (κ2) is 7.30. The van der Waals surface area contributed by atoms with Gasteiger partial charge in [-0.2, -0.15) is 0 Å². The highest BCUT2D eigenvalue weighted by Gasteiger charge is 2.33. The molecule has 1 N–H and O–H groups in total. The molecule has 1 atom stereocenters. The van der Waals surface area contributed by atoms with Crippen molar-refractivity contribution in [2.24, 2.45) is 11.3 Å². The quantitative estimate of drug-likeness (QED) is 0.833. The lowest BCUT2D eigenvalue weighted by Gasteiger charge is -2.33. The lowest BCUT2D eigenvalue weighted by molar-refractivity contribution is -0.133. The number of hydrogen-bond donors (Lipinski definition) is 1. The fraction of sp³-hybridized carbons (Fsp3) is 0.889. The van der Waals surface area contributed by atoms with Crippen LogP contribution in [0.25, 0.3) is 0 Å². The van der Waals surface area contributed by atoms with Crippen LogP contribution in [0.2, 0.25) is 0 Å². The molecule has 3 aliphatic heterocycles. The molecule has 3 rings (SSSR count). The van der Waals surface area contributed by atoms with Crippen LogP contribution in [0, 0.1) is 11.3 Å². The molecule has 3 saturated heterocycles. The average Bonchev–Trinajstić information content (AvgIpc) is 3.11. The SMILES string of the molecule is CC1(C)CO[C@@H](CCC(=O)N2CCC(CN3CCNC3=O)CC2)C1. The summed E-state index contributed by atoms with van der Waals surface area (Å²) in [6.07, 6.45) is 4.75. The number of nitrogens with one attached hydrogen (secondary N) is 1. The van der Waals surface area contributed by atoms with Crippen LogP contribution in [0.5, 0.6) is 0 Å². The predicted molar refractivity (Wildman–Crippen MR) is 91.6 cm³/mol. The summed E-state index contributed by atoms with van der Waals surface area (Å²) in [5, 5.41) is 2.85. The molecular weight excluding hydrogens is 306 g/mol. The standard InChI is InChI=1S/C18H31N3O3/c1-18(2)11-15(24-13-18)3-4-16(22)20-8-5-14(6-9-20)12-21-10-7-19-17(21)23/h14-15H,3-13H2,1-2H3,(H,19,23)/t15-/m0/s1. The Morgan fingerprint density at radius 3 is 2.62 bits per heavy atom. The molecule has 3 fully saturated rings. The molecule has 0 aromatic rings. The second-order valence-corrected chi connectivity index (χ2v) is 8.34. The molecular formula is C18H31N3O3. The van der Waals surface area contributed by atoms with Crippen LogP contribution in [0.4, 0.5) is 4.79 Å². The van der Waals surface area contributed by atoms with E-state index in [-0.39, 0.29) is 23.5 Å². The first-order valence-electron chi connectivity index (χ1n) is 9.35. The molecule has 0 aliphatic carbocycles. The van der Waals surface area contributed by atoms with E-state index in [9.17, 15) is 9.59 Å². The lowest BCUT2D eigenvalue weighted by atomic mass is 9.89. The molecule has 0 radical (unpaired) electrons. The van der Waals surface area contributed by atoms with Crippen molar-refractivity contribution in [1.82, 2.24) is 15.1 Å². The zero-order valence-electron chi connectivity index (χ0n) is 15.1. The van der Waals surface area contributed by atoms with E-state index < -0.39 is 0 Å². The molecule has 136 valence electrons. The topological polar surface area (TPSA) is 61.9 Å². The van der Waals surface area contributed by atoms with E-state index >= 15 is 0 Å². The van der Waals surface area contributed by atoms with Crippen LogP contribution >= 0.6 is 0 Å². The Kier molecular flexibility index (Phi) is 5.33. The Bertz CT molecular complexity index is 472. The van der Waals surface area contributed by atoms with Crippen molar-refractivity contribution < 1.29 is 14.3 Å². The zero-order chi connectivity index (χ0) is 17.2. The first-order valence-corrected chi connectivity index (χ1v) is 9.35. The van der Waals surface area contributed by atoms with Gasteiger partial charge in [-0.1, -0.05) is 13.8 Å². The van der Waals surface area contributed by atoms with Crippen molar-refractivity contribution in [3.8, 4) is 0 Å². The number of piperidine rings is 1. The van der Waals surface area contributed by atoms with Crippen LogP contribution in [-0.4, -0.2) is 67.2 Å². The third-order valence-corrected chi connectivity index (χ3v) is 5.56. The number of urea groups is 1. The van der Waals surface area contributed by atoms with Crippen LogP contribution in [-0.2, 0) is 9.53 Å². The van der Waals surface area contributed by atoms with Crippen molar-refractivity contribution in [3.63, 3.8) is 0 Å². The third-order valence-electron chi connectivity index (χ3n) is 5.56. The van der Waals surface area contributed by atoms with Gasteiger partial charge in [0.05, 0.1) is 12.7 Å². The smallest absolute Gasteiger partial charge is 0.317 e. The van der Waals surface area contributed by atoms with E-state index in [1.165, 1.54) is 0 Å². The Balaban J connectivity index is 1.35. The summed E-state index contributed by atoms with van der Waals surface area (Å²) in [5.41, 5.74) is 0.258. The number of hydrogen-bond acceptors (Lipinski definition) is 3. The maximum Gasteiger partial charge on any atom is 0.317 e. The molecule has 24 heavy (non-hydrogen) atoms. The van der Waals surface area contributed by atoms with E-state index in [1.54, 1.807) is 0 Å². The van der Waals surface area contributed by atoms with Crippen LogP contribution < -0.4 is 5.32 Å². The molecule has 0 unspecified atom stereocenters. The summed E-state index contributed by atoms with van der Waals surface area (Å²) < 4.78 is 5.79. The Labute approximate surface area is 144 Å². The van der Waals surface area contributed by atoms with Gasteiger partial charge < -0.3 is 19.9 Å². The number of carbonyl (C=O) groups is 2.